The molecule has 2 aromatic carbocycles. The number of hydrogen-bond donors (Lipinski definition) is 1. The van der Waals surface area contributed by atoms with E-state index in [2.05, 4.69) is 56.2 Å². The highest BCUT2D eigenvalue weighted by Crippen LogP contribution is 2.17. The van der Waals surface area contributed by atoms with Crippen molar-refractivity contribution in [1.82, 2.24) is 4.98 Å². The van der Waals surface area contributed by atoms with Crippen LogP contribution in [0.15, 0.2) is 88.6 Å². The van der Waals surface area contributed by atoms with E-state index in [4.69, 9.17) is 5.73 Å². The van der Waals surface area contributed by atoms with E-state index in [1.807, 2.05) is 48.7 Å². The summed E-state index contributed by atoms with van der Waals surface area (Å²) < 4.78 is 1.02. The summed E-state index contributed by atoms with van der Waals surface area (Å²) in [5.41, 5.74) is 10.3. The Labute approximate surface area is 156 Å². The van der Waals surface area contributed by atoms with Gasteiger partial charge in [0.2, 0.25) is 0 Å². The zero-order chi connectivity index (χ0) is 17.5. The molecule has 0 spiro atoms. The Hall–Kier alpha value is -2.72. The predicted molar refractivity (Wildman–Crippen MR) is 108 cm³/mol. The highest BCUT2D eigenvalue weighted by atomic mass is 79.9. The first-order valence-electron chi connectivity index (χ1n) is 7.95. The number of amidine groups is 1. The van der Waals surface area contributed by atoms with Gasteiger partial charge in [-0.3, -0.25) is 4.98 Å². The summed E-state index contributed by atoms with van der Waals surface area (Å²) in [5.74, 6) is 0.474. The smallest absolute Gasteiger partial charge is 0.124 e. The van der Waals surface area contributed by atoms with Gasteiger partial charge in [0.1, 0.15) is 5.84 Å². The van der Waals surface area contributed by atoms with Gasteiger partial charge in [0.25, 0.3) is 0 Å². The lowest BCUT2D eigenvalue weighted by molar-refractivity contribution is 1.14. The molecule has 2 N–H and O–H groups in total. The van der Waals surface area contributed by atoms with Crippen molar-refractivity contribution in [3.05, 3.63) is 100 Å². The standard InChI is InChI=1S/C21H18BrN3/c22-19-8-10-20(11-9-19)25-21(23)12-7-16-3-5-17(6-4-16)14-18-2-1-13-24-15-18/h1-13,15H,14H2,(H2,23,25). The Morgan fingerprint density at radius 2 is 1.76 bits per heavy atom. The van der Waals surface area contributed by atoms with Gasteiger partial charge >= 0.3 is 0 Å². The molecule has 1 heterocycles. The molecule has 0 fully saturated rings. The van der Waals surface area contributed by atoms with Crippen LogP contribution in [0.25, 0.3) is 6.08 Å². The quantitative estimate of drug-likeness (QED) is 0.483. The van der Waals surface area contributed by atoms with E-state index in [0.717, 1.165) is 22.1 Å². The first kappa shape index (κ1) is 17.1. The number of benzene rings is 2. The molecule has 0 aliphatic heterocycles. The van der Waals surface area contributed by atoms with Crippen LogP contribution in [0.5, 0.6) is 0 Å². The van der Waals surface area contributed by atoms with E-state index in [1.165, 1.54) is 11.1 Å². The highest BCUT2D eigenvalue weighted by Gasteiger charge is 1.96. The molecule has 124 valence electrons. The van der Waals surface area contributed by atoms with Crippen LogP contribution in [0.4, 0.5) is 5.69 Å². The topological polar surface area (TPSA) is 51.3 Å². The Bertz CT molecular complexity index is 867. The van der Waals surface area contributed by atoms with Crippen molar-refractivity contribution in [3.63, 3.8) is 0 Å². The first-order valence-corrected chi connectivity index (χ1v) is 8.74. The molecule has 0 atom stereocenters. The monoisotopic (exact) mass is 391 g/mol. The van der Waals surface area contributed by atoms with E-state index in [-0.39, 0.29) is 0 Å². The van der Waals surface area contributed by atoms with Gasteiger partial charge in [-0.2, -0.15) is 0 Å². The van der Waals surface area contributed by atoms with Gasteiger partial charge in [0, 0.05) is 16.9 Å². The van der Waals surface area contributed by atoms with Crippen molar-refractivity contribution in [1.29, 1.82) is 0 Å². The first-order chi connectivity index (χ1) is 12.2. The van der Waals surface area contributed by atoms with Crippen LogP contribution >= 0.6 is 15.9 Å². The zero-order valence-corrected chi connectivity index (χ0v) is 15.2. The van der Waals surface area contributed by atoms with Crippen molar-refractivity contribution in [2.24, 2.45) is 10.7 Å². The van der Waals surface area contributed by atoms with Crippen LogP contribution in [0, 0.1) is 0 Å². The third kappa shape index (κ3) is 5.40. The summed E-state index contributed by atoms with van der Waals surface area (Å²) in [6, 6.07) is 20.2. The Kier molecular flexibility index (Phi) is 5.75. The Morgan fingerprint density at radius 3 is 2.44 bits per heavy atom. The lowest BCUT2D eigenvalue weighted by Crippen LogP contribution is -2.06. The summed E-state index contributed by atoms with van der Waals surface area (Å²) in [6.07, 6.45) is 8.35. The van der Waals surface area contributed by atoms with Crippen LogP contribution in [-0.2, 0) is 6.42 Å². The molecule has 0 aliphatic rings. The average Bonchev–Trinajstić information content (AvgIpc) is 2.64. The maximum Gasteiger partial charge on any atom is 0.124 e. The molecule has 0 unspecified atom stereocenters. The lowest BCUT2D eigenvalue weighted by atomic mass is 10.0. The van der Waals surface area contributed by atoms with Crippen molar-refractivity contribution in [2.45, 2.75) is 6.42 Å². The summed E-state index contributed by atoms with van der Waals surface area (Å²) in [5, 5.41) is 0. The van der Waals surface area contributed by atoms with Gasteiger partial charge in [0.15, 0.2) is 0 Å². The van der Waals surface area contributed by atoms with E-state index in [0.29, 0.717) is 5.84 Å². The molecule has 25 heavy (non-hydrogen) atoms. The maximum atomic E-state index is 5.97. The van der Waals surface area contributed by atoms with E-state index < -0.39 is 0 Å². The number of halogens is 1. The summed E-state index contributed by atoms with van der Waals surface area (Å²) in [7, 11) is 0. The third-order valence-corrected chi connectivity index (χ3v) is 4.17. The molecular weight excluding hydrogens is 374 g/mol. The molecule has 0 saturated heterocycles. The van der Waals surface area contributed by atoms with Gasteiger partial charge in [-0.25, -0.2) is 4.99 Å². The Balaban J connectivity index is 1.64. The van der Waals surface area contributed by atoms with Crippen molar-refractivity contribution >= 4 is 33.5 Å². The molecule has 1 aromatic heterocycles. The van der Waals surface area contributed by atoms with Gasteiger partial charge in [-0.1, -0.05) is 52.3 Å². The molecule has 3 aromatic rings. The Morgan fingerprint density at radius 1 is 1.00 bits per heavy atom. The molecule has 0 radical (unpaired) electrons. The summed E-state index contributed by atoms with van der Waals surface area (Å²) in [4.78, 5) is 8.51. The second kappa shape index (κ2) is 8.40. The number of rotatable bonds is 5. The van der Waals surface area contributed by atoms with Crippen molar-refractivity contribution in [3.8, 4) is 0 Å². The average molecular weight is 392 g/mol. The molecule has 3 rings (SSSR count). The highest BCUT2D eigenvalue weighted by molar-refractivity contribution is 9.10. The molecule has 0 amide bonds. The van der Waals surface area contributed by atoms with Gasteiger partial charge in [-0.15, -0.1) is 0 Å². The molecular formula is C21H18BrN3. The number of pyridine rings is 1. The number of aromatic nitrogens is 1. The maximum absolute atomic E-state index is 5.97. The second-order valence-electron chi connectivity index (χ2n) is 5.63. The van der Waals surface area contributed by atoms with E-state index in [1.54, 1.807) is 6.20 Å². The minimum atomic E-state index is 0.474. The van der Waals surface area contributed by atoms with Crippen LogP contribution in [-0.4, -0.2) is 10.8 Å². The van der Waals surface area contributed by atoms with E-state index >= 15 is 0 Å². The third-order valence-electron chi connectivity index (χ3n) is 3.64. The van der Waals surface area contributed by atoms with Crippen LogP contribution in [0.2, 0.25) is 0 Å². The largest absolute Gasteiger partial charge is 0.384 e. The molecule has 0 aliphatic carbocycles. The molecule has 4 heteroatoms. The SMILES string of the molecule is NC(C=Cc1ccc(Cc2cccnc2)cc1)=Nc1ccc(Br)cc1. The van der Waals surface area contributed by atoms with Gasteiger partial charge in [-0.05, 0) is 59.5 Å². The van der Waals surface area contributed by atoms with Crippen LogP contribution in [0.1, 0.15) is 16.7 Å². The van der Waals surface area contributed by atoms with E-state index in [9.17, 15) is 0 Å². The fraction of sp³-hybridized carbons (Fsp3) is 0.0476. The summed E-state index contributed by atoms with van der Waals surface area (Å²) in [6.45, 7) is 0. The fourth-order valence-corrected chi connectivity index (χ4v) is 2.63. The van der Waals surface area contributed by atoms with Crippen LogP contribution < -0.4 is 5.73 Å². The molecule has 0 saturated carbocycles. The molecule has 0 bridgehead atoms. The van der Waals surface area contributed by atoms with Gasteiger partial charge < -0.3 is 5.73 Å². The fourth-order valence-electron chi connectivity index (χ4n) is 2.37. The van der Waals surface area contributed by atoms with Crippen molar-refractivity contribution < 1.29 is 0 Å². The number of nitrogens with zero attached hydrogens (tertiary/aromatic N) is 2. The number of aliphatic imine (C=N–C) groups is 1. The lowest BCUT2D eigenvalue weighted by Gasteiger charge is -2.02. The number of nitrogens with two attached hydrogens (primary N) is 1. The predicted octanol–water partition coefficient (Wildman–Crippen LogP) is 5.14. The number of hydrogen-bond acceptors (Lipinski definition) is 2. The van der Waals surface area contributed by atoms with Crippen molar-refractivity contribution in [2.75, 3.05) is 0 Å². The minimum Gasteiger partial charge on any atom is -0.384 e. The molecule has 3 nitrogen and oxygen atoms in total. The second-order valence-corrected chi connectivity index (χ2v) is 6.54. The normalized spacial score (nSPS) is 11.8. The van der Waals surface area contributed by atoms with Gasteiger partial charge in [0.05, 0.1) is 5.69 Å². The summed E-state index contributed by atoms with van der Waals surface area (Å²) >= 11 is 3.40. The minimum absolute atomic E-state index is 0.474. The van der Waals surface area contributed by atoms with Crippen LogP contribution in [0.3, 0.4) is 0 Å². The zero-order valence-electron chi connectivity index (χ0n) is 13.6.